The summed E-state index contributed by atoms with van der Waals surface area (Å²) in [6.07, 6.45) is 6.97. The van der Waals surface area contributed by atoms with Gasteiger partial charge in [-0.1, -0.05) is 12.0 Å². The lowest BCUT2D eigenvalue weighted by Gasteiger charge is -2.06. The van der Waals surface area contributed by atoms with Crippen molar-refractivity contribution in [1.29, 1.82) is 0 Å². The summed E-state index contributed by atoms with van der Waals surface area (Å²) in [7, 11) is 0. The fourth-order valence-corrected chi connectivity index (χ4v) is 1.56. The summed E-state index contributed by atoms with van der Waals surface area (Å²) in [5.41, 5.74) is 1.12. The summed E-state index contributed by atoms with van der Waals surface area (Å²) in [5.74, 6) is 2.26. The molecule has 18 heavy (non-hydrogen) atoms. The molecule has 2 amide bonds. The van der Waals surface area contributed by atoms with E-state index in [0.717, 1.165) is 12.8 Å². The van der Waals surface area contributed by atoms with Crippen LogP contribution < -0.4 is 10.6 Å². The van der Waals surface area contributed by atoms with Crippen molar-refractivity contribution in [2.45, 2.75) is 12.8 Å². The van der Waals surface area contributed by atoms with Crippen LogP contribution in [-0.2, 0) is 4.79 Å². The van der Waals surface area contributed by atoms with Crippen LogP contribution in [0, 0.1) is 18.3 Å². The number of terminal acetylenes is 1. The number of hydrogen-bond donors (Lipinski definition) is 2. The van der Waals surface area contributed by atoms with Crippen LogP contribution in [0.1, 0.15) is 23.2 Å². The molecule has 1 fully saturated rings. The topological polar surface area (TPSA) is 58.2 Å². The van der Waals surface area contributed by atoms with Crippen molar-refractivity contribution < 1.29 is 9.59 Å². The molecule has 4 nitrogen and oxygen atoms in total. The van der Waals surface area contributed by atoms with Crippen LogP contribution in [0.3, 0.4) is 0 Å². The highest BCUT2D eigenvalue weighted by atomic mass is 16.2. The molecule has 4 heteroatoms. The highest BCUT2D eigenvalue weighted by Crippen LogP contribution is 2.30. The van der Waals surface area contributed by atoms with Crippen LogP contribution in [-0.4, -0.2) is 18.4 Å². The zero-order chi connectivity index (χ0) is 13.0. The number of carbonyl (C=O) groups is 2. The predicted molar refractivity (Wildman–Crippen MR) is 69.0 cm³/mol. The van der Waals surface area contributed by atoms with E-state index in [-0.39, 0.29) is 24.3 Å². The van der Waals surface area contributed by atoms with E-state index < -0.39 is 0 Å². The van der Waals surface area contributed by atoms with Crippen molar-refractivity contribution in [2.24, 2.45) is 5.92 Å². The monoisotopic (exact) mass is 242 g/mol. The van der Waals surface area contributed by atoms with Crippen molar-refractivity contribution in [3.05, 3.63) is 29.8 Å². The first-order valence-electron chi connectivity index (χ1n) is 5.83. The SMILES string of the molecule is C#CCNC(=O)c1cccc(NC(=O)C2CC2)c1. The maximum absolute atomic E-state index is 11.7. The third-order valence-electron chi connectivity index (χ3n) is 2.69. The lowest BCUT2D eigenvalue weighted by atomic mass is 10.2. The molecule has 1 aliphatic rings. The van der Waals surface area contributed by atoms with Gasteiger partial charge in [-0.15, -0.1) is 6.42 Å². The predicted octanol–water partition coefficient (Wildman–Crippen LogP) is 1.40. The van der Waals surface area contributed by atoms with E-state index in [9.17, 15) is 9.59 Å². The molecular weight excluding hydrogens is 228 g/mol. The molecule has 0 saturated heterocycles. The van der Waals surface area contributed by atoms with Crippen molar-refractivity contribution >= 4 is 17.5 Å². The molecule has 1 saturated carbocycles. The van der Waals surface area contributed by atoms with Crippen molar-refractivity contribution in [3.63, 3.8) is 0 Å². The minimum atomic E-state index is -0.240. The second-order valence-corrected chi connectivity index (χ2v) is 4.23. The molecule has 0 atom stereocenters. The molecule has 1 aromatic rings. The molecule has 1 aliphatic carbocycles. The quantitative estimate of drug-likeness (QED) is 0.784. The highest BCUT2D eigenvalue weighted by Gasteiger charge is 2.29. The summed E-state index contributed by atoms with van der Waals surface area (Å²) in [6.45, 7) is 0.192. The Morgan fingerprint density at radius 2 is 2.17 bits per heavy atom. The van der Waals surface area contributed by atoms with Gasteiger partial charge in [-0.3, -0.25) is 9.59 Å². The molecule has 0 unspecified atom stereocenters. The Morgan fingerprint density at radius 3 is 2.83 bits per heavy atom. The van der Waals surface area contributed by atoms with Crippen LogP contribution in [0.5, 0.6) is 0 Å². The maximum atomic E-state index is 11.7. The summed E-state index contributed by atoms with van der Waals surface area (Å²) in [5, 5.41) is 5.37. The van der Waals surface area contributed by atoms with E-state index in [2.05, 4.69) is 16.6 Å². The number of rotatable bonds is 4. The smallest absolute Gasteiger partial charge is 0.252 e. The Hall–Kier alpha value is -2.28. The van der Waals surface area contributed by atoms with E-state index in [1.54, 1.807) is 24.3 Å². The van der Waals surface area contributed by atoms with Gasteiger partial charge in [0.1, 0.15) is 0 Å². The number of amides is 2. The fraction of sp³-hybridized carbons (Fsp3) is 0.286. The summed E-state index contributed by atoms with van der Waals surface area (Å²) >= 11 is 0. The second kappa shape index (κ2) is 5.37. The Bertz CT molecular complexity index is 513. The first-order valence-corrected chi connectivity index (χ1v) is 5.83. The van der Waals surface area contributed by atoms with Crippen molar-refractivity contribution in [1.82, 2.24) is 5.32 Å². The lowest BCUT2D eigenvalue weighted by molar-refractivity contribution is -0.117. The molecule has 92 valence electrons. The number of hydrogen-bond acceptors (Lipinski definition) is 2. The molecule has 0 spiro atoms. The van der Waals surface area contributed by atoms with Gasteiger partial charge in [-0.2, -0.15) is 0 Å². The zero-order valence-corrected chi connectivity index (χ0v) is 9.90. The largest absolute Gasteiger partial charge is 0.341 e. The fourth-order valence-electron chi connectivity index (χ4n) is 1.56. The van der Waals surface area contributed by atoms with Crippen LogP contribution >= 0.6 is 0 Å². The van der Waals surface area contributed by atoms with E-state index in [1.807, 2.05) is 0 Å². The normalized spacial score (nSPS) is 13.5. The van der Waals surface area contributed by atoms with Crippen LogP contribution in [0.25, 0.3) is 0 Å². The minimum Gasteiger partial charge on any atom is -0.341 e. The minimum absolute atomic E-state index is 0.0242. The Kier molecular flexibility index (Phi) is 3.63. The Balaban J connectivity index is 2.02. The standard InChI is InChI=1S/C14H14N2O2/c1-2-8-15-13(17)11-4-3-5-12(9-11)16-14(18)10-6-7-10/h1,3-5,9-10H,6-8H2,(H,15,17)(H,16,18). The first kappa shape index (κ1) is 12.2. The number of nitrogens with one attached hydrogen (secondary N) is 2. The number of anilines is 1. The molecule has 2 rings (SSSR count). The van der Waals surface area contributed by atoms with E-state index in [4.69, 9.17) is 6.42 Å². The van der Waals surface area contributed by atoms with Crippen LogP contribution in [0.4, 0.5) is 5.69 Å². The van der Waals surface area contributed by atoms with Crippen LogP contribution in [0.15, 0.2) is 24.3 Å². The molecule has 0 heterocycles. The van der Waals surface area contributed by atoms with E-state index >= 15 is 0 Å². The summed E-state index contributed by atoms with van der Waals surface area (Å²) in [6, 6.07) is 6.82. The summed E-state index contributed by atoms with van der Waals surface area (Å²) in [4.78, 5) is 23.3. The first-order chi connectivity index (χ1) is 8.70. The lowest BCUT2D eigenvalue weighted by Crippen LogP contribution is -2.23. The van der Waals surface area contributed by atoms with Crippen molar-refractivity contribution in [3.8, 4) is 12.3 Å². The van der Waals surface area contributed by atoms with Gasteiger partial charge < -0.3 is 10.6 Å². The third kappa shape index (κ3) is 3.11. The highest BCUT2D eigenvalue weighted by molar-refractivity contribution is 5.98. The van der Waals surface area contributed by atoms with Gasteiger partial charge in [0.05, 0.1) is 6.54 Å². The van der Waals surface area contributed by atoms with Gasteiger partial charge in [0.15, 0.2) is 0 Å². The average Bonchev–Trinajstić information content (AvgIpc) is 3.20. The maximum Gasteiger partial charge on any atom is 0.252 e. The zero-order valence-electron chi connectivity index (χ0n) is 9.90. The Morgan fingerprint density at radius 1 is 1.39 bits per heavy atom. The van der Waals surface area contributed by atoms with Gasteiger partial charge >= 0.3 is 0 Å². The number of benzene rings is 1. The van der Waals surface area contributed by atoms with E-state index in [0.29, 0.717) is 11.3 Å². The summed E-state index contributed by atoms with van der Waals surface area (Å²) < 4.78 is 0. The second-order valence-electron chi connectivity index (χ2n) is 4.23. The molecule has 0 aromatic heterocycles. The molecule has 0 bridgehead atoms. The average molecular weight is 242 g/mol. The van der Waals surface area contributed by atoms with E-state index in [1.165, 1.54) is 0 Å². The molecule has 1 aromatic carbocycles. The molecule has 0 aliphatic heterocycles. The van der Waals surface area contributed by atoms with Gasteiger partial charge in [-0.05, 0) is 31.0 Å². The number of carbonyl (C=O) groups excluding carboxylic acids is 2. The van der Waals surface area contributed by atoms with Gasteiger partial charge in [0.2, 0.25) is 5.91 Å². The third-order valence-corrected chi connectivity index (χ3v) is 2.69. The molecule has 0 radical (unpaired) electrons. The van der Waals surface area contributed by atoms with Crippen LogP contribution in [0.2, 0.25) is 0 Å². The molecular formula is C14H14N2O2. The van der Waals surface area contributed by atoms with Crippen molar-refractivity contribution in [2.75, 3.05) is 11.9 Å². The Labute approximate surface area is 106 Å². The van der Waals surface area contributed by atoms with Gasteiger partial charge in [0, 0.05) is 17.2 Å². The van der Waals surface area contributed by atoms with Gasteiger partial charge in [0.25, 0.3) is 5.91 Å². The van der Waals surface area contributed by atoms with Gasteiger partial charge in [-0.25, -0.2) is 0 Å². The molecule has 2 N–H and O–H groups in total.